The number of nitrogens with zero attached hydrogens (tertiary/aromatic N) is 1. The van der Waals surface area contributed by atoms with Crippen molar-refractivity contribution >= 4 is 44.1 Å². The molecule has 4 aromatic rings. The first-order valence-corrected chi connectivity index (χ1v) is 7.40. The molecular formula is C16H11N3OS. The first-order chi connectivity index (χ1) is 10.3. The van der Waals surface area contributed by atoms with Crippen molar-refractivity contribution < 1.29 is 4.79 Å². The number of benzene rings is 2. The normalized spacial score (nSPS) is 11.0. The molecule has 4 nitrogen and oxygen atoms in total. The van der Waals surface area contributed by atoms with Crippen molar-refractivity contribution in [3.05, 3.63) is 59.7 Å². The van der Waals surface area contributed by atoms with Gasteiger partial charge in [-0.05, 0) is 30.3 Å². The minimum atomic E-state index is -0.119. The molecule has 0 radical (unpaired) electrons. The second-order valence-electron chi connectivity index (χ2n) is 4.74. The van der Waals surface area contributed by atoms with Crippen molar-refractivity contribution in [2.24, 2.45) is 0 Å². The molecule has 0 aliphatic rings. The maximum absolute atomic E-state index is 12.5. The summed E-state index contributed by atoms with van der Waals surface area (Å²) in [5.74, 6) is -0.119. The van der Waals surface area contributed by atoms with Crippen LogP contribution in [0, 0.1) is 0 Å². The number of nitrogens with one attached hydrogen (secondary N) is 2. The fraction of sp³-hybridized carbons (Fsp3) is 0. The highest BCUT2D eigenvalue weighted by Crippen LogP contribution is 2.23. The topological polar surface area (TPSA) is 57.8 Å². The highest BCUT2D eigenvalue weighted by Gasteiger charge is 2.11. The van der Waals surface area contributed by atoms with Gasteiger partial charge in [-0.15, -0.1) is 11.3 Å². The number of carbonyl (C=O) groups excluding carboxylic acids is 1. The van der Waals surface area contributed by atoms with Gasteiger partial charge in [0.05, 0.1) is 26.8 Å². The Morgan fingerprint density at radius 1 is 1.19 bits per heavy atom. The average Bonchev–Trinajstić information content (AvgIpc) is 3.14. The van der Waals surface area contributed by atoms with Gasteiger partial charge in [-0.25, -0.2) is 4.98 Å². The number of carbonyl (C=O) groups is 1. The molecule has 4 rings (SSSR count). The Balaban J connectivity index is 1.70. The first-order valence-electron chi connectivity index (χ1n) is 6.52. The first kappa shape index (κ1) is 12.1. The van der Waals surface area contributed by atoms with Crippen LogP contribution < -0.4 is 5.32 Å². The number of H-pyrrole nitrogens is 1. The summed E-state index contributed by atoms with van der Waals surface area (Å²) in [4.78, 5) is 19.8. The van der Waals surface area contributed by atoms with Crippen LogP contribution in [0.15, 0.2) is 54.2 Å². The molecule has 0 aliphatic heterocycles. The van der Waals surface area contributed by atoms with Crippen LogP contribution in [-0.2, 0) is 0 Å². The molecular weight excluding hydrogens is 282 g/mol. The Bertz CT molecular complexity index is 954. The molecule has 0 aliphatic carbocycles. The number of rotatable bonds is 2. The summed E-state index contributed by atoms with van der Waals surface area (Å²) in [6.07, 6.45) is 1.84. The van der Waals surface area contributed by atoms with Crippen LogP contribution in [0.5, 0.6) is 0 Å². The molecule has 5 heteroatoms. The Morgan fingerprint density at radius 2 is 2.14 bits per heavy atom. The maximum atomic E-state index is 12.5. The van der Waals surface area contributed by atoms with Crippen molar-refractivity contribution in [2.75, 3.05) is 5.32 Å². The summed E-state index contributed by atoms with van der Waals surface area (Å²) in [6.45, 7) is 0. The van der Waals surface area contributed by atoms with E-state index in [0.29, 0.717) is 5.56 Å². The van der Waals surface area contributed by atoms with Gasteiger partial charge in [0.25, 0.3) is 5.91 Å². The molecule has 102 valence electrons. The minimum absolute atomic E-state index is 0.119. The Kier molecular flexibility index (Phi) is 2.72. The van der Waals surface area contributed by atoms with Gasteiger partial charge in [-0.1, -0.05) is 12.1 Å². The van der Waals surface area contributed by atoms with E-state index >= 15 is 0 Å². The average molecular weight is 293 g/mol. The lowest BCUT2D eigenvalue weighted by Gasteiger charge is -2.06. The number of hydrogen-bond donors (Lipinski definition) is 2. The van der Waals surface area contributed by atoms with Crippen LogP contribution in [-0.4, -0.2) is 15.9 Å². The number of anilines is 1. The Labute approximate surface area is 124 Å². The summed E-state index contributed by atoms with van der Waals surface area (Å²) >= 11 is 1.56. The van der Waals surface area contributed by atoms with Crippen molar-refractivity contribution in [3.63, 3.8) is 0 Å². The lowest BCUT2D eigenvalue weighted by Crippen LogP contribution is -2.12. The monoisotopic (exact) mass is 293 g/mol. The lowest BCUT2D eigenvalue weighted by atomic mass is 10.1. The largest absolute Gasteiger partial charge is 0.361 e. The molecule has 1 amide bonds. The van der Waals surface area contributed by atoms with E-state index in [9.17, 15) is 4.79 Å². The summed E-state index contributed by atoms with van der Waals surface area (Å²) < 4.78 is 1.06. The predicted molar refractivity (Wildman–Crippen MR) is 85.9 cm³/mol. The third kappa shape index (κ3) is 2.08. The zero-order chi connectivity index (χ0) is 14.2. The summed E-state index contributed by atoms with van der Waals surface area (Å²) in [7, 11) is 0. The number of hydrogen-bond acceptors (Lipinski definition) is 3. The second kappa shape index (κ2) is 4.71. The van der Waals surface area contributed by atoms with Crippen molar-refractivity contribution in [3.8, 4) is 0 Å². The van der Waals surface area contributed by atoms with E-state index in [-0.39, 0.29) is 5.91 Å². The highest BCUT2D eigenvalue weighted by molar-refractivity contribution is 7.16. The quantitative estimate of drug-likeness (QED) is 0.586. The zero-order valence-corrected chi connectivity index (χ0v) is 11.8. The minimum Gasteiger partial charge on any atom is -0.361 e. The van der Waals surface area contributed by atoms with Gasteiger partial charge in [0.2, 0.25) is 0 Å². The number of aromatic nitrogens is 2. The van der Waals surface area contributed by atoms with Crippen molar-refractivity contribution in [2.45, 2.75) is 0 Å². The molecule has 0 fully saturated rings. The standard InChI is InChI=1S/C16H11N3OS/c20-16(12-3-1-2-10-6-7-17-15(10)12)19-11-4-5-13-14(8-11)21-9-18-13/h1-9,17H,(H,19,20). The SMILES string of the molecule is O=C(Nc1ccc2ncsc2c1)c1cccc2cc[nH]c12. The molecule has 0 saturated heterocycles. The number of para-hydroxylation sites is 1. The Hall–Kier alpha value is -2.66. The summed E-state index contributed by atoms with van der Waals surface area (Å²) in [6, 6.07) is 13.4. The fourth-order valence-corrected chi connectivity index (χ4v) is 3.12. The molecule has 2 aromatic heterocycles. The zero-order valence-electron chi connectivity index (χ0n) is 11.0. The van der Waals surface area contributed by atoms with Crippen LogP contribution in [0.1, 0.15) is 10.4 Å². The molecule has 0 saturated carbocycles. The van der Waals surface area contributed by atoms with Crippen molar-refractivity contribution in [1.29, 1.82) is 0 Å². The molecule has 0 unspecified atom stereocenters. The van der Waals surface area contributed by atoms with Crippen LogP contribution in [0.4, 0.5) is 5.69 Å². The van der Waals surface area contributed by atoms with Gasteiger partial charge in [-0.3, -0.25) is 4.79 Å². The molecule has 0 atom stereocenters. The molecule has 2 N–H and O–H groups in total. The van der Waals surface area contributed by atoms with E-state index in [0.717, 1.165) is 26.8 Å². The predicted octanol–water partition coefficient (Wildman–Crippen LogP) is 4.03. The summed E-state index contributed by atoms with van der Waals surface area (Å²) in [5, 5.41) is 3.97. The fourth-order valence-electron chi connectivity index (χ4n) is 2.41. The van der Waals surface area contributed by atoms with E-state index in [1.54, 1.807) is 16.8 Å². The van der Waals surface area contributed by atoms with Gasteiger partial charge < -0.3 is 10.3 Å². The van der Waals surface area contributed by atoms with Gasteiger partial charge in [-0.2, -0.15) is 0 Å². The van der Waals surface area contributed by atoms with E-state index in [2.05, 4.69) is 15.3 Å². The van der Waals surface area contributed by atoms with Gasteiger partial charge in [0.1, 0.15) is 0 Å². The van der Waals surface area contributed by atoms with E-state index < -0.39 is 0 Å². The number of fused-ring (bicyclic) bond motifs is 2. The molecule has 21 heavy (non-hydrogen) atoms. The third-order valence-electron chi connectivity index (χ3n) is 3.42. The third-order valence-corrected chi connectivity index (χ3v) is 4.21. The van der Waals surface area contributed by atoms with Crippen LogP contribution in [0.25, 0.3) is 21.1 Å². The van der Waals surface area contributed by atoms with E-state index in [1.807, 2.05) is 48.7 Å². The second-order valence-corrected chi connectivity index (χ2v) is 5.62. The smallest absolute Gasteiger partial charge is 0.257 e. The number of thiazole rings is 1. The molecule has 0 spiro atoms. The van der Waals surface area contributed by atoms with Crippen LogP contribution in [0.3, 0.4) is 0 Å². The lowest BCUT2D eigenvalue weighted by molar-refractivity contribution is 0.102. The van der Waals surface area contributed by atoms with Gasteiger partial charge in [0, 0.05) is 17.3 Å². The Morgan fingerprint density at radius 3 is 3.10 bits per heavy atom. The molecule has 2 heterocycles. The van der Waals surface area contributed by atoms with E-state index in [4.69, 9.17) is 0 Å². The van der Waals surface area contributed by atoms with E-state index in [1.165, 1.54) is 0 Å². The number of aromatic amines is 1. The van der Waals surface area contributed by atoms with Crippen LogP contribution in [0.2, 0.25) is 0 Å². The molecule has 0 bridgehead atoms. The maximum Gasteiger partial charge on any atom is 0.257 e. The van der Waals surface area contributed by atoms with Gasteiger partial charge >= 0.3 is 0 Å². The van der Waals surface area contributed by atoms with Crippen molar-refractivity contribution in [1.82, 2.24) is 9.97 Å². The number of amides is 1. The van der Waals surface area contributed by atoms with Gasteiger partial charge in [0.15, 0.2) is 0 Å². The highest BCUT2D eigenvalue weighted by atomic mass is 32.1. The van der Waals surface area contributed by atoms with Crippen LogP contribution >= 0.6 is 11.3 Å². The summed E-state index contributed by atoms with van der Waals surface area (Å²) in [5.41, 5.74) is 5.02. The molecule has 2 aromatic carbocycles.